The van der Waals surface area contributed by atoms with Gasteiger partial charge in [-0.1, -0.05) is 25.1 Å². The molecule has 0 saturated carbocycles. The number of thioether (sulfide) groups is 1. The van der Waals surface area contributed by atoms with E-state index in [1.165, 1.54) is 0 Å². The van der Waals surface area contributed by atoms with Crippen molar-refractivity contribution in [3.8, 4) is 0 Å². The van der Waals surface area contributed by atoms with Crippen LogP contribution >= 0.6 is 11.8 Å². The molecule has 0 bridgehead atoms. The minimum Gasteiger partial charge on any atom is -0.383 e. The van der Waals surface area contributed by atoms with E-state index in [0.717, 1.165) is 42.7 Å². The summed E-state index contributed by atoms with van der Waals surface area (Å²) >= 11 is 1.64. The molecule has 0 atom stereocenters. The Labute approximate surface area is 150 Å². The predicted octanol–water partition coefficient (Wildman–Crippen LogP) is 1.36. The second-order valence-corrected chi connectivity index (χ2v) is 6.91. The van der Waals surface area contributed by atoms with Gasteiger partial charge in [-0.05, 0) is 6.42 Å². The summed E-state index contributed by atoms with van der Waals surface area (Å²) in [5.41, 5.74) is 5.80. The van der Waals surface area contributed by atoms with Crippen molar-refractivity contribution in [3.05, 3.63) is 28.8 Å². The standard InChI is InChI=1S/C16H23N7OS/c1-2-3-10-25-16-20-12(17)11-13(21-16)22-6-8-23(9-7-22)14-15(24)19-5-4-18-14/h4-5,11H,2-3,6-10H2,1H3,(H,19,24)(H2,17,20,21). The average molecular weight is 361 g/mol. The number of H-pyrrole nitrogens is 1. The molecule has 0 unspecified atom stereocenters. The Balaban J connectivity index is 1.66. The fraction of sp³-hybridized carbons (Fsp3) is 0.500. The minimum atomic E-state index is -0.156. The summed E-state index contributed by atoms with van der Waals surface area (Å²) in [4.78, 5) is 31.8. The third-order valence-corrected chi connectivity index (χ3v) is 4.97. The highest BCUT2D eigenvalue weighted by Gasteiger charge is 2.21. The van der Waals surface area contributed by atoms with Gasteiger partial charge in [0.15, 0.2) is 11.0 Å². The summed E-state index contributed by atoms with van der Waals surface area (Å²) in [7, 11) is 0. The Kier molecular flexibility index (Phi) is 5.75. The minimum absolute atomic E-state index is 0.156. The van der Waals surface area contributed by atoms with Crippen LogP contribution in [-0.4, -0.2) is 51.9 Å². The number of nitrogen functional groups attached to an aromatic ring is 1. The maximum absolute atomic E-state index is 11.9. The topological polar surface area (TPSA) is 104 Å². The SMILES string of the molecule is CCCCSc1nc(N)cc(N2CCN(c3ncc[nH]c3=O)CC2)n1. The predicted molar refractivity (Wildman–Crippen MR) is 101 cm³/mol. The molecule has 0 spiro atoms. The van der Waals surface area contributed by atoms with E-state index in [9.17, 15) is 4.79 Å². The maximum Gasteiger partial charge on any atom is 0.290 e. The number of hydrogen-bond donors (Lipinski definition) is 2. The second kappa shape index (κ2) is 8.19. The third-order valence-electron chi connectivity index (χ3n) is 4.03. The van der Waals surface area contributed by atoms with Gasteiger partial charge in [-0.3, -0.25) is 4.79 Å². The fourth-order valence-corrected chi connectivity index (χ4v) is 3.62. The van der Waals surface area contributed by atoms with Crippen LogP contribution in [0.4, 0.5) is 17.5 Å². The van der Waals surface area contributed by atoms with Gasteiger partial charge in [0.2, 0.25) is 0 Å². The number of unbranched alkanes of at least 4 members (excludes halogenated alkanes) is 1. The molecule has 3 N–H and O–H groups in total. The molecule has 2 aromatic rings. The van der Waals surface area contributed by atoms with Crippen molar-refractivity contribution in [2.24, 2.45) is 0 Å². The van der Waals surface area contributed by atoms with Crippen molar-refractivity contribution >= 4 is 29.2 Å². The quantitative estimate of drug-likeness (QED) is 0.451. The number of hydrogen-bond acceptors (Lipinski definition) is 8. The van der Waals surface area contributed by atoms with Crippen molar-refractivity contribution in [1.82, 2.24) is 19.9 Å². The summed E-state index contributed by atoms with van der Waals surface area (Å²) in [6, 6.07) is 1.81. The molecule has 1 fully saturated rings. The molecular formula is C16H23N7OS. The van der Waals surface area contributed by atoms with Gasteiger partial charge >= 0.3 is 0 Å². The number of anilines is 3. The van der Waals surface area contributed by atoms with Crippen molar-refractivity contribution in [3.63, 3.8) is 0 Å². The number of nitrogens with one attached hydrogen (secondary N) is 1. The average Bonchev–Trinajstić information content (AvgIpc) is 2.62. The van der Waals surface area contributed by atoms with E-state index in [4.69, 9.17) is 5.73 Å². The van der Waals surface area contributed by atoms with E-state index in [2.05, 4.69) is 31.8 Å². The van der Waals surface area contributed by atoms with E-state index >= 15 is 0 Å². The van der Waals surface area contributed by atoms with Crippen molar-refractivity contribution in [1.29, 1.82) is 0 Å². The smallest absolute Gasteiger partial charge is 0.290 e. The van der Waals surface area contributed by atoms with Crippen molar-refractivity contribution < 1.29 is 0 Å². The van der Waals surface area contributed by atoms with E-state index in [1.54, 1.807) is 24.2 Å². The number of nitrogens with two attached hydrogens (primary N) is 1. The highest BCUT2D eigenvalue weighted by Crippen LogP contribution is 2.22. The van der Waals surface area contributed by atoms with E-state index < -0.39 is 0 Å². The van der Waals surface area contributed by atoms with Gasteiger partial charge in [0.05, 0.1) is 0 Å². The number of piperazine rings is 1. The molecule has 2 aromatic heterocycles. The number of aromatic amines is 1. The number of aromatic nitrogens is 4. The van der Waals surface area contributed by atoms with Crippen LogP contribution in [0.5, 0.6) is 0 Å². The molecule has 1 aliphatic rings. The molecule has 0 amide bonds. The molecule has 0 radical (unpaired) electrons. The van der Waals surface area contributed by atoms with Crippen LogP contribution in [0.15, 0.2) is 28.4 Å². The lowest BCUT2D eigenvalue weighted by Crippen LogP contribution is -2.48. The molecule has 9 heteroatoms. The van der Waals surface area contributed by atoms with Gasteiger partial charge in [-0.15, -0.1) is 0 Å². The molecule has 1 aliphatic heterocycles. The molecule has 8 nitrogen and oxygen atoms in total. The lowest BCUT2D eigenvalue weighted by atomic mass is 10.3. The Morgan fingerprint density at radius 1 is 1.24 bits per heavy atom. The van der Waals surface area contributed by atoms with Crippen LogP contribution in [-0.2, 0) is 0 Å². The van der Waals surface area contributed by atoms with Gasteiger partial charge in [0.25, 0.3) is 5.56 Å². The van der Waals surface area contributed by atoms with E-state index in [-0.39, 0.29) is 5.56 Å². The van der Waals surface area contributed by atoms with Crippen LogP contribution < -0.4 is 21.1 Å². The Hall–Kier alpha value is -2.29. The largest absolute Gasteiger partial charge is 0.383 e. The first-order valence-electron chi connectivity index (χ1n) is 8.48. The molecular weight excluding hydrogens is 338 g/mol. The van der Waals surface area contributed by atoms with Crippen LogP contribution in [0.2, 0.25) is 0 Å². The van der Waals surface area contributed by atoms with Crippen LogP contribution in [0, 0.1) is 0 Å². The molecule has 1 saturated heterocycles. The zero-order valence-electron chi connectivity index (χ0n) is 14.3. The normalized spacial score (nSPS) is 14.8. The number of rotatable bonds is 6. The summed E-state index contributed by atoms with van der Waals surface area (Å²) in [6.45, 7) is 5.10. The molecule has 0 aromatic carbocycles. The Bertz CT molecular complexity index is 758. The van der Waals surface area contributed by atoms with Crippen LogP contribution in [0.25, 0.3) is 0 Å². The molecule has 3 rings (SSSR count). The molecule has 3 heterocycles. The lowest BCUT2D eigenvalue weighted by Gasteiger charge is -2.35. The van der Waals surface area contributed by atoms with Gasteiger partial charge < -0.3 is 20.5 Å². The molecule has 134 valence electrons. The van der Waals surface area contributed by atoms with Crippen molar-refractivity contribution in [2.45, 2.75) is 24.9 Å². The molecule has 0 aliphatic carbocycles. The van der Waals surface area contributed by atoms with Crippen LogP contribution in [0.1, 0.15) is 19.8 Å². The summed E-state index contributed by atoms with van der Waals surface area (Å²) in [6.07, 6.45) is 5.43. The van der Waals surface area contributed by atoms with Gasteiger partial charge in [0.1, 0.15) is 11.6 Å². The van der Waals surface area contributed by atoms with E-state index in [0.29, 0.717) is 24.7 Å². The maximum atomic E-state index is 11.9. The van der Waals surface area contributed by atoms with Crippen molar-refractivity contribution in [2.75, 3.05) is 47.5 Å². The highest BCUT2D eigenvalue weighted by molar-refractivity contribution is 7.99. The first kappa shape index (κ1) is 17.5. The first-order valence-corrected chi connectivity index (χ1v) is 9.47. The zero-order chi connectivity index (χ0) is 17.6. The van der Waals surface area contributed by atoms with Gasteiger partial charge in [0, 0.05) is 50.4 Å². The highest BCUT2D eigenvalue weighted by atomic mass is 32.2. The first-order chi connectivity index (χ1) is 12.2. The van der Waals surface area contributed by atoms with E-state index in [1.807, 2.05) is 11.0 Å². The Morgan fingerprint density at radius 2 is 2.00 bits per heavy atom. The Morgan fingerprint density at radius 3 is 2.72 bits per heavy atom. The third kappa shape index (κ3) is 4.41. The summed E-state index contributed by atoms with van der Waals surface area (Å²) in [5.74, 6) is 2.81. The summed E-state index contributed by atoms with van der Waals surface area (Å²) < 4.78 is 0. The number of nitrogens with zero attached hydrogens (tertiary/aromatic N) is 5. The summed E-state index contributed by atoms with van der Waals surface area (Å²) in [5, 5.41) is 0.729. The monoisotopic (exact) mass is 361 g/mol. The molecule has 25 heavy (non-hydrogen) atoms. The fourth-order valence-electron chi connectivity index (χ4n) is 2.68. The van der Waals surface area contributed by atoms with Crippen LogP contribution in [0.3, 0.4) is 0 Å². The van der Waals surface area contributed by atoms with Gasteiger partial charge in [-0.25, -0.2) is 15.0 Å². The second-order valence-electron chi connectivity index (χ2n) is 5.85. The van der Waals surface area contributed by atoms with Gasteiger partial charge in [-0.2, -0.15) is 0 Å². The zero-order valence-corrected chi connectivity index (χ0v) is 15.1. The lowest BCUT2D eigenvalue weighted by molar-refractivity contribution is 0.635.